The lowest BCUT2D eigenvalue weighted by molar-refractivity contribution is -0.117. The van der Waals surface area contributed by atoms with Crippen LogP contribution in [0.15, 0.2) is 36.0 Å². The maximum absolute atomic E-state index is 10.3. The first-order valence-electron chi connectivity index (χ1n) is 7.23. The Labute approximate surface area is 135 Å². The van der Waals surface area contributed by atoms with E-state index in [1.807, 2.05) is 52.2 Å². The van der Waals surface area contributed by atoms with Crippen LogP contribution in [0.1, 0.15) is 31.9 Å². The Morgan fingerprint density at radius 3 is 1.77 bits per heavy atom. The average Bonchev–Trinajstić information content (AvgIpc) is 2.50. The highest BCUT2D eigenvalue weighted by atomic mass is 16.1. The predicted molar refractivity (Wildman–Crippen MR) is 93.6 cm³/mol. The number of carbonyl (C=O) groups is 2. The maximum atomic E-state index is 10.3. The van der Waals surface area contributed by atoms with Gasteiger partial charge in [-0.3, -0.25) is 4.79 Å². The molecule has 0 unspecified atom stereocenters. The smallest absolute Gasteiger partial charge is 0.209 e. The van der Waals surface area contributed by atoms with E-state index in [2.05, 4.69) is 17.9 Å². The summed E-state index contributed by atoms with van der Waals surface area (Å²) in [4.78, 5) is 22.8. The van der Waals surface area contributed by atoms with Gasteiger partial charge in [0.1, 0.15) is 6.29 Å². The van der Waals surface area contributed by atoms with Crippen LogP contribution in [0.2, 0.25) is 0 Å². The maximum Gasteiger partial charge on any atom is 0.209 e. The van der Waals surface area contributed by atoms with Gasteiger partial charge in [0.2, 0.25) is 6.41 Å². The Hall–Kier alpha value is -2.10. The van der Waals surface area contributed by atoms with E-state index in [9.17, 15) is 4.79 Å². The number of aldehydes is 1. The van der Waals surface area contributed by atoms with Crippen LogP contribution < -0.4 is 0 Å². The summed E-state index contributed by atoms with van der Waals surface area (Å²) in [7, 11) is 5.84. The van der Waals surface area contributed by atoms with Crippen molar-refractivity contribution in [2.24, 2.45) is 0 Å². The molecule has 0 radical (unpaired) electrons. The molecule has 0 fully saturated rings. The number of nitrogens with zero attached hydrogens (tertiary/aromatic N) is 2. The van der Waals surface area contributed by atoms with Gasteiger partial charge in [-0.05, 0) is 33.3 Å². The van der Waals surface area contributed by atoms with Gasteiger partial charge < -0.3 is 14.6 Å². The van der Waals surface area contributed by atoms with Crippen molar-refractivity contribution in [2.75, 3.05) is 21.1 Å². The molecule has 1 aromatic carbocycles. The number of carbonyl (C=O) groups excluding carboxylic acids is 2. The Morgan fingerprint density at radius 1 is 1.05 bits per heavy atom. The monoisotopic (exact) mass is 306 g/mol. The lowest BCUT2D eigenvalue weighted by Crippen LogP contribution is -2.14. The Balaban J connectivity index is 0. The van der Waals surface area contributed by atoms with Crippen LogP contribution >= 0.6 is 0 Å². The second-order valence-electron chi connectivity index (χ2n) is 5.07. The number of benzene rings is 1. The molecule has 1 amide bonds. The van der Waals surface area contributed by atoms with Gasteiger partial charge in [0.05, 0.1) is 0 Å². The molecule has 0 heterocycles. The first-order chi connectivity index (χ1) is 10.3. The van der Waals surface area contributed by atoms with E-state index in [0.29, 0.717) is 6.54 Å². The van der Waals surface area contributed by atoms with Crippen molar-refractivity contribution in [1.29, 1.82) is 0 Å². The fourth-order valence-electron chi connectivity index (χ4n) is 1.28. The van der Waals surface area contributed by atoms with E-state index in [-0.39, 0.29) is 0 Å². The minimum atomic E-state index is 0.684. The molecule has 0 aliphatic carbocycles. The van der Waals surface area contributed by atoms with Crippen molar-refractivity contribution in [3.8, 4) is 0 Å². The zero-order valence-corrected chi connectivity index (χ0v) is 15.0. The summed E-state index contributed by atoms with van der Waals surface area (Å²) < 4.78 is 0. The van der Waals surface area contributed by atoms with E-state index in [4.69, 9.17) is 4.79 Å². The standard InChI is InChI=1S/C10H13NO.C6H13N.C2H4O/c1-9-3-5-10(6-4-9)7-11(2)8-12;1-5-6(2)7(3)4;1-2-3/h3-6,8H,7H2,1-2H3;5H,1-4H3;2H,1H3/b;6-5+;. The fraction of sp³-hybridized carbons (Fsp3) is 0.444. The van der Waals surface area contributed by atoms with Crippen LogP contribution in [0.5, 0.6) is 0 Å². The molecule has 1 aromatic rings. The highest BCUT2D eigenvalue weighted by Gasteiger charge is 1.95. The highest BCUT2D eigenvalue weighted by molar-refractivity contribution is 5.46. The van der Waals surface area contributed by atoms with Gasteiger partial charge in [-0.25, -0.2) is 0 Å². The second kappa shape index (κ2) is 13.9. The van der Waals surface area contributed by atoms with Crippen LogP contribution in [-0.2, 0) is 16.1 Å². The molecule has 0 N–H and O–H groups in total. The number of hydrogen-bond acceptors (Lipinski definition) is 3. The molecular weight excluding hydrogens is 276 g/mol. The van der Waals surface area contributed by atoms with E-state index in [1.165, 1.54) is 18.2 Å². The number of rotatable bonds is 4. The Kier molecular flexibility index (Phi) is 14.0. The number of aryl methyl sites for hydroxylation is 1. The van der Waals surface area contributed by atoms with Gasteiger partial charge in [-0.2, -0.15) is 0 Å². The molecule has 0 atom stereocenters. The van der Waals surface area contributed by atoms with Gasteiger partial charge in [-0.1, -0.05) is 35.9 Å². The normalized spacial score (nSPS) is 9.50. The molecule has 22 heavy (non-hydrogen) atoms. The van der Waals surface area contributed by atoms with Gasteiger partial charge in [0.25, 0.3) is 0 Å². The van der Waals surface area contributed by atoms with Crippen LogP contribution in [0.4, 0.5) is 0 Å². The van der Waals surface area contributed by atoms with Crippen LogP contribution in [0.25, 0.3) is 0 Å². The first kappa shape index (κ1) is 22.2. The van der Waals surface area contributed by atoms with Gasteiger partial charge in [-0.15, -0.1) is 0 Å². The van der Waals surface area contributed by atoms with E-state index in [0.717, 1.165) is 18.3 Å². The summed E-state index contributed by atoms with van der Waals surface area (Å²) in [6, 6.07) is 8.17. The fourth-order valence-corrected chi connectivity index (χ4v) is 1.28. The quantitative estimate of drug-likeness (QED) is 0.802. The average molecular weight is 306 g/mol. The van der Waals surface area contributed by atoms with Crippen molar-refractivity contribution >= 4 is 12.7 Å². The van der Waals surface area contributed by atoms with E-state index >= 15 is 0 Å². The summed E-state index contributed by atoms with van der Waals surface area (Å²) in [5.41, 5.74) is 3.71. The third kappa shape index (κ3) is 12.9. The summed E-state index contributed by atoms with van der Waals surface area (Å²) in [6.45, 7) is 8.30. The molecule has 0 saturated carbocycles. The molecule has 4 heteroatoms. The highest BCUT2D eigenvalue weighted by Crippen LogP contribution is 2.04. The zero-order valence-electron chi connectivity index (χ0n) is 15.0. The van der Waals surface area contributed by atoms with Gasteiger partial charge in [0, 0.05) is 33.4 Å². The third-order valence-corrected chi connectivity index (χ3v) is 2.86. The summed E-state index contributed by atoms with van der Waals surface area (Å²) >= 11 is 0. The van der Waals surface area contributed by atoms with Gasteiger partial charge >= 0.3 is 0 Å². The summed E-state index contributed by atoms with van der Waals surface area (Å²) in [5.74, 6) is 0. The van der Waals surface area contributed by atoms with Crippen molar-refractivity contribution in [3.05, 3.63) is 47.2 Å². The van der Waals surface area contributed by atoms with E-state index in [1.54, 1.807) is 11.9 Å². The predicted octanol–water partition coefficient (Wildman–Crippen LogP) is 3.26. The van der Waals surface area contributed by atoms with Crippen LogP contribution in [0, 0.1) is 6.92 Å². The number of amides is 1. The van der Waals surface area contributed by atoms with Crippen molar-refractivity contribution in [3.63, 3.8) is 0 Å². The number of hydrogen-bond donors (Lipinski definition) is 0. The topological polar surface area (TPSA) is 40.6 Å². The largest absolute Gasteiger partial charge is 0.381 e. The molecule has 0 saturated heterocycles. The first-order valence-corrected chi connectivity index (χ1v) is 7.23. The SMILES string of the molecule is C/C=C(\C)N(C)C.CC=O.Cc1ccc(CN(C)C=O)cc1. The van der Waals surface area contributed by atoms with E-state index < -0.39 is 0 Å². The number of allylic oxidation sites excluding steroid dienone is 2. The van der Waals surface area contributed by atoms with Crippen LogP contribution in [-0.4, -0.2) is 43.6 Å². The molecule has 124 valence electrons. The van der Waals surface area contributed by atoms with Crippen LogP contribution in [0.3, 0.4) is 0 Å². The Morgan fingerprint density at radius 2 is 1.50 bits per heavy atom. The molecule has 4 nitrogen and oxygen atoms in total. The molecule has 0 aliphatic heterocycles. The second-order valence-corrected chi connectivity index (χ2v) is 5.07. The van der Waals surface area contributed by atoms with Crippen molar-refractivity contribution in [1.82, 2.24) is 9.80 Å². The Bertz CT molecular complexity index is 437. The minimum absolute atomic E-state index is 0.684. The lowest BCUT2D eigenvalue weighted by Gasteiger charge is -2.10. The third-order valence-electron chi connectivity index (χ3n) is 2.86. The molecule has 0 aliphatic rings. The summed E-state index contributed by atoms with van der Waals surface area (Å²) in [5, 5.41) is 0. The van der Waals surface area contributed by atoms with Crippen molar-refractivity contribution < 1.29 is 9.59 Å². The lowest BCUT2D eigenvalue weighted by atomic mass is 10.1. The molecule has 0 bridgehead atoms. The molecule has 1 rings (SSSR count). The molecule has 0 aromatic heterocycles. The molecule has 0 spiro atoms. The molecular formula is C18H30N2O2. The minimum Gasteiger partial charge on any atom is -0.381 e. The van der Waals surface area contributed by atoms with Gasteiger partial charge in [0.15, 0.2) is 0 Å². The zero-order chi connectivity index (χ0) is 17.5. The van der Waals surface area contributed by atoms with Crippen molar-refractivity contribution in [2.45, 2.75) is 34.2 Å². The summed E-state index contributed by atoms with van der Waals surface area (Å²) in [6.07, 6.45) is 3.67.